The summed E-state index contributed by atoms with van der Waals surface area (Å²) in [6.07, 6.45) is 2.52. The molecule has 0 aliphatic heterocycles. The number of aliphatic hydroxyl groups excluding tert-OH is 1. The van der Waals surface area contributed by atoms with Gasteiger partial charge in [-0.15, -0.1) is 0 Å². The molecular weight excluding hydrogens is 142 g/mol. The summed E-state index contributed by atoms with van der Waals surface area (Å²) in [5, 5.41) is 8.92. The van der Waals surface area contributed by atoms with Crippen molar-refractivity contribution in [2.24, 2.45) is 5.41 Å². The van der Waals surface area contributed by atoms with Gasteiger partial charge in [-0.05, 0) is 12.8 Å². The summed E-state index contributed by atoms with van der Waals surface area (Å²) in [5.41, 5.74) is -0.0403. The van der Waals surface area contributed by atoms with Crippen LogP contribution in [0.25, 0.3) is 0 Å². The van der Waals surface area contributed by atoms with Gasteiger partial charge >= 0.3 is 0 Å². The Morgan fingerprint density at radius 3 is 2.36 bits per heavy atom. The third kappa shape index (κ3) is 1.93. The number of aliphatic hydroxyl groups is 1. The Labute approximate surface area is 67.0 Å². The van der Waals surface area contributed by atoms with Gasteiger partial charge in [0, 0.05) is 32.5 Å². The molecule has 0 spiro atoms. The van der Waals surface area contributed by atoms with E-state index in [9.17, 15) is 4.79 Å². The number of hydrogen-bond donors (Lipinski definition) is 1. The molecule has 3 nitrogen and oxygen atoms in total. The fourth-order valence-corrected chi connectivity index (χ4v) is 1.05. The molecule has 0 bridgehead atoms. The number of carbonyl (C=O) groups excluding carboxylic acids is 1. The molecule has 64 valence electrons. The normalized spacial score (nSPS) is 19.5. The Morgan fingerprint density at radius 1 is 1.55 bits per heavy atom. The van der Waals surface area contributed by atoms with Gasteiger partial charge in [-0.3, -0.25) is 4.79 Å². The molecule has 0 aromatic rings. The molecule has 11 heavy (non-hydrogen) atoms. The summed E-state index contributed by atoms with van der Waals surface area (Å²) in [5.74, 6) is 0.122. The summed E-state index contributed by atoms with van der Waals surface area (Å²) >= 11 is 0. The number of carbonyl (C=O) groups is 1. The van der Waals surface area contributed by atoms with Crippen LogP contribution in [-0.4, -0.2) is 36.6 Å². The lowest BCUT2D eigenvalue weighted by Crippen LogP contribution is -2.26. The molecule has 1 aliphatic carbocycles. The number of rotatable bonds is 3. The first-order valence-corrected chi connectivity index (χ1v) is 3.91. The maximum atomic E-state index is 11.2. The first-order valence-electron chi connectivity index (χ1n) is 3.91. The van der Waals surface area contributed by atoms with Crippen LogP contribution in [0.2, 0.25) is 0 Å². The van der Waals surface area contributed by atoms with Crippen molar-refractivity contribution in [2.75, 3.05) is 20.7 Å². The van der Waals surface area contributed by atoms with Crippen LogP contribution in [0.5, 0.6) is 0 Å². The Bertz CT molecular complexity index is 161. The maximum absolute atomic E-state index is 11.2. The van der Waals surface area contributed by atoms with E-state index in [4.69, 9.17) is 5.11 Å². The Balaban J connectivity index is 2.36. The molecule has 1 rings (SSSR count). The van der Waals surface area contributed by atoms with E-state index >= 15 is 0 Å². The topological polar surface area (TPSA) is 40.5 Å². The van der Waals surface area contributed by atoms with Crippen molar-refractivity contribution in [3.63, 3.8) is 0 Å². The largest absolute Gasteiger partial charge is 0.396 e. The summed E-state index contributed by atoms with van der Waals surface area (Å²) in [7, 11) is 3.49. The zero-order valence-electron chi connectivity index (χ0n) is 7.13. The molecule has 0 heterocycles. The van der Waals surface area contributed by atoms with E-state index in [1.165, 1.54) is 0 Å². The van der Waals surface area contributed by atoms with Gasteiger partial charge in [0.25, 0.3) is 0 Å². The Morgan fingerprint density at radius 2 is 2.09 bits per heavy atom. The van der Waals surface area contributed by atoms with Crippen LogP contribution in [0.4, 0.5) is 0 Å². The highest BCUT2D eigenvalue weighted by Gasteiger charge is 2.43. The van der Waals surface area contributed by atoms with E-state index in [1.54, 1.807) is 19.0 Å². The second kappa shape index (κ2) is 2.81. The third-order valence-electron chi connectivity index (χ3n) is 2.32. The van der Waals surface area contributed by atoms with Crippen molar-refractivity contribution >= 4 is 5.91 Å². The van der Waals surface area contributed by atoms with Gasteiger partial charge in [-0.25, -0.2) is 0 Å². The predicted octanol–water partition coefficient (Wildman–Crippen LogP) is 0.237. The van der Waals surface area contributed by atoms with E-state index in [1.807, 2.05) is 0 Å². The smallest absolute Gasteiger partial charge is 0.222 e. The molecule has 1 saturated carbocycles. The molecule has 0 radical (unpaired) electrons. The molecule has 1 aliphatic rings. The minimum Gasteiger partial charge on any atom is -0.396 e. The van der Waals surface area contributed by atoms with Crippen LogP contribution in [0, 0.1) is 5.41 Å². The van der Waals surface area contributed by atoms with Gasteiger partial charge in [0.2, 0.25) is 5.91 Å². The monoisotopic (exact) mass is 157 g/mol. The number of nitrogens with zero attached hydrogens (tertiary/aromatic N) is 1. The van der Waals surface area contributed by atoms with E-state index in [0.717, 1.165) is 12.8 Å². The SMILES string of the molecule is CN(C)C(=O)CC1(CO)CC1. The average Bonchev–Trinajstić information content (AvgIpc) is 2.69. The van der Waals surface area contributed by atoms with Crippen LogP contribution in [0.1, 0.15) is 19.3 Å². The predicted molar refractivity (Wildman–Crippen MR) is 42.1 cm³/mol. The summed E-state index contributed by atoms with van der Waals surface area (Å²) in [4.78, 5) is 12.8. The molecule has 1 amide bonds. The van der Waals surface area contributed by atoms with Gasteiger partial charge in [0.15, 0.2) is 0 Å². The maximum Gasteiger partial charge on any atom is 0.222 e. The molecule has 3 heteroatoms. The second-order valence-electron chi connectivity index (χ2n) is 3.62. The van der Waals surface area contributed by atoms with E-state index in [0.29, 0.717) is 6.42 Å². The fraction of sp³-hybridized carbons (Fsp3) is 0.875. The Kier molecular flexibility index (Phi) is 2.18. The highest BCUT2D eigenvalue weighted by molar-refractivity contribution is 5.76. The van der Waals surface area contributed by atoms with Crippen LogP contribution in [0.15, 0.2) is 0 Å². The van der Waals surface area contributed by atoms with Crippen molar-refractivity contribution in [3.05, 3.63) is 0 Å². The third-order valence-corrected chi connectivity index (χ3v) is 2.32. The zero-order valence-corrected chi connectivity index (χ0v) is 7.13. The van der Waals surface area contributed by atoms with Crippen molar-refractivity contribution in [2.45, 2.75) is 19.3 Å². The minimum absolute atomic E-state index is 0.0403. The molecule has 1 fully saturated rings. The van der Waals surface area contributed by atoms with E-state index in [2.05, 4.69) is 0 Å². The van der Waals surface area contributed by atoms with Crippen LogP contribution < -0.4 is 0 Å². The quantitative estimate of drug-likeness (QED) is 0.637. The van der Waals surface area contributed by atoms with Crippen LogP contribution >= 0.6 is 0 Å². The van der Waals surface area contributed by atoms with E-state index < -0.39 is 0 Å². The average molecular weight is 157 g/mol. The van der Waals surface area contributed by atoms with Crippen LogP contribution in [0.3, 0.4) is 0 Å². The fourth-order valence-electron chi connectivity index (χ4n) is 1.05. The Hall–Kier alpha value is -0.570. The minimum atomic E-state index is -0.0403. The van der Waals surface area contributed by atoms with E-state index in [-0.39, 0.29) is 17.9 Å². The molecule has 0 atom stereocenters. The summed E-state index contributed by atoms with van der Waals surface area (Å²) in [6.45, 7) is 0.159. The molecular formula is C8H15NO2. The summed E-state index contributed by atoms with van der Waals surface area (Å²) in [6, 6.07) is 0. The summed E-state index contributed by atoms with van der Waals surface area (Å²) < 4.78 is 0. The zero-order chi connectivity index (χ0) is 8.48. The van der Waals surface area contributed by atoms with Crippen LogP contribution in [-0.2, 0) is 4.79 Å². The van der Waals surface area contributed by atoms with Crippen molar-refractivity contribution in [1.29, 1.82) is 0 Å². The molecule has 0 saturated heterocycles. The van der Waals surface area contributed by atoms with Gasteiger partial charge in [0.1, 0.15) is 0 Å². The first kappa shape index (κ1) is 8.53. The second-order valence-corrected chi connectivity index (χ2v) is 3.62. The molecule has 0 unspecified atom stereocenters. The first-order chi connectivity index (χ1) is 5.09. The lowest BCUT2D eigenvalue weighted by atomic mass is 10.0. The van der Waals surface area contributed by atoms with Crippen molar-refractivity contribution < 1.29 is 9.90 Å². The molecule has 1 N–H and O–H groups in total. The highest BCUT2D eigenvalue weighted by Crippen LogP contribution is 2.48. The van der Waals surface area contributed by atoms with Crippen molar-refractivity contribution in [1.82, 2.24) is 4.90 Å². The van der Waals surface area contributed by atoms with Gasteiger partial charge < -0.3 is 10.0 Å². The standard InChI is InChI=1S/C8H15NO2/c1-9(2)7(11)5-8(6-10)3-4-8/h10H,3-6H2,1-2H3. The lowest BCUT2D eigenvalue weighted by molar-refractivity contribution is -0.130. The van der Waals surface area contributed by atoms with Crippen molar-refractivity contribution in [3.8, 4) is 0 Å². The lowest BCUT2D eigenvalue weighted by Gasteiger charge is -2.14. The highest BCUT2D eigenvalue weighted by atomic mass is 16.3. The number of amides is 1. The van der Waals surface area contributed by atoms with Gasteiger partial charge in [-0.1, -0.05) is 0 Å². The number of hydrogen-bond acceptors (Lipinski definition) is 2. The molecule has 0 aromatic carbocycles. The van der Waals surface area contributed by atoms with Gasteiger partial charge in [-0.2, -0.15) is 0 Å². The van der Waals surface area contributed by atoms with Gasteiger partial charge in [0.05, 0.1) is 0 Å². The molecule has 0 aromatic heterocycles.